The van der Waals surface area contributed by atoms with Gasteiger partial charge in [-0.25, -0.2) is 19.2 Å². The van der Waals surface area contributed by atoms with E-state index in [-0.39, 0.29) is 94.3 Å². The second-order valence-electron chi connectivity index (χ2n) is 21.8. The molecule has 4 bridgehead atoms. The monoisotopic (exact) mass is 1080 g/mol. The standard InChI is InChI=1S/C29H28N2O4.C19H26N2O4.C16H14O2.2CH4/c32-28(34-17-19-8-2-1-3-9-19)30-26-16-20-14-15-27(26)31(20)29(33)35-18-25-23-12-6-4-10-21(23)22-11-5-7-13-24(22)25;1-19(2,3)25-18(23)21-14-9-10-16(21)15(11-14)20-17(22)24-12-13-7-5-4-6-8-13;1-11(17)18-10-16-14-8-4-2-6-12(14)13-7-3-5-9-15(13)16;;/h1-13,20,25-27H,14-18H2,(H,30,32);4-8,14-16H,9-12H2,1-3H3,(H,20,22);2-9,16H,10H2,1H3;2*1H4/t20?,26-,27?;14?,15-,16?;;;/m00.../s1. The fraction of sp³-hybridized carbons (Fsp3) is 0.379. The molecule has 420 valence electrons. The summed E-state index contributed by atoms with van der Waals surface area (Å²) in [6.45, 7) is 8.22. The number of rotatable bonds is 10. The molecule has 12 rings (SSSR count). The van der Waals surface area contributed by atoms with E-state index in [1.54, 1.807) is 4.90 Å². The van der Waals surface area contributed by atoms with Crippen LogP contribution in [0.4, 0.5) is 19.2 Å². The van der Waals surface area contributed by atoms with Gasteiger partial charge < -0.3 is 44.1 Å². The van der Waals surface area contributed by atoms with Crippen molar-refractivity contribution in [2.24, 2.45) is 0 Å². The van der Waals surface area contributed by atoms with Crippen LogP contribution in [0.2, 0.25) is 0 Å². The second kappa shape index (κ2) is 25.8. The lowest BCUT2D eigenvalue weighted by atomic mass is 9.96. The number of esters is 1. The molecule has 4 amide bonds. The quantitative estimate of drug-likeness (QED) is 0.0997. The van der Waals surface area contributed by atoms with Crippen molar-refractivity contribution in [1.82, 2.24) is 20.4 Å². The highest BCUT2D eigenvalue weighted by molar-refractivity contribution is 5.80. The smallest absolute Gasteiger partial charge is 0.410 e. The third kappa shape index (κ3) is 13.1. The number of nitrogens with one attached hydrogen (secondary N) is 2. The predicted octanol–water partition coefficient (Wildman–Crippen LogP) is 13.6. The minimum absolute atomic E-state index is 0. The lowest BCUT2D eigenvalue weighted by Crippen LogP contribution is -2.46. The molecule has 2 aliphatic carbocycles. The van der Waals surface area contributed by atoms with Crippen molar-refractivity contribution in [3.8, 4) is 22.3 Å². The number of hydrogen-bond acceptors (Lipinski definition) is 10. The Morgan fingerprint density at radius 3 is 1.19 bits per heavy atom. The van der Waals surface area contributed by atoms with Gasteiger partial charge in [-0.05, 0) is 115 Å². The molecule has 4 fully saturated rings. The van der Waals surface area contributed by atoms with Crippen LogP contribution in [0.25, 0.3) is 22.3 Å². The molecule has 6 aromatic carbocycles. The van der Waals surface area contributed by atoms with Crippen LogP contribution in [0.1, 0.15) is 126 Å². The number of benzene rings is 6. The third-order valence-electron chi connectivity index (χ3n) is 15.7. The van der Waals surface area contributed by atoms with Gasteiger partial charge in [0.15, 0.2) is 0 Å². The van der Waals surface area contributed by atoms with Gasteiger partial charge in [0.05, 0.1) is 24.2 Å². The molecule has 0 radical (unpaired) electrons. The summed E-state index contributed by atoms with van der Waals surface area (Å²) in [5.74, 6) is -0.0216. The SMILES string of the molecule is C.C.CC(=O)OCC1c2ccccc2-c2ccccc21.CC(C)(C)OC(=O)N1C2CCC1[C@@H](NC(=O)OCc1ccccc1)C2.O=C(N[C@H]1CC2CCC1N2C(=O)OCC1c2ccccc2-c2ccccc21)OCc1ccccc1. The highest BCUT2D eigenvalue weighted by Gasteiger charge is 2.51. The zero-order chi connectivity index (χ0) is 54.3. The molecule has 6 aromatic rings. The number of hydrogen-bond donors (Lipinski definition) is 2. The van der Waals surface area contributed by atoms with Gasteiger partial charge in [0.1, 0.15) is 32.0 Å². The Bertz CT molecular complexity index is 3020. The number of ether oxygens (including phenoxy) is 5. The van der Waals surface area contributed by atoms with E-state index < -0.39 is 17.8 Å². The van der Waals surface area contributed by atoms with Crippen molar-refractivity contribution in [2.45, 2.75) is 148 Å². The van der Waals surface area contributed by atoms with E-state index in [4.69, 9.17) is 23.7 Å². The zero-order valence-corrected chi connectivity index (χ0v) is 44.7. The first kappa shape index (κ1) is 58.0. The van der Waals surface area contributed by atoms with E-state index in [1.807, 2.05) is 135 Å². The van der Waals surface area contributed by atoms with Gasteiger partial charge in [-0.3, -0.25) is 4.79 Å². The van der Waals surface area contributed by atoms with E-state index in [0.29, 0.717) is 13.2 Å². The molecular formula is C66H76N4O10. The maximum Gasteiger partial charge on any atom is 0.410 e. The Hall–Kier alpha value is -8.13. The van der Waals surface area contributed by atoms with Gasteiger partial charge in [-0.1, -0.05) is 173 Å². The molecule has 0 aromatic heterocycles. The molecule has 0 saturated carbocycles. The molecule has 14 heteroatoms. The van der Waals surface area contributed by atoms with Crippen molar-refractivity contribution in [1.29, 1.82) is 0 Å². The van der Waals surface area contributed by atoms with Crippen LogP contribution in [-0.2, 0) is 41.7 Å². The van der Waals surface area contributed by atoms with Crippen LogP contribution in [0, 0.1) is 0 Å². The van der Waals surface area contributed by atoms with E-state index in [0.717, 1.165) is 49.7 Å². The largest absolute Gasteiger partial charge is 0.465 e. The summed E-state index contributed by atoms with van der Waals surface area (Å²) in [5, 5.41) is 5.90. The Morgan fingerprint density at radius 2 is 0.812 bits per heavy atom. The van der Waals surface area contributed by atoms with Gasteiger partial charge in [-0.15, -0.1) is 0 Å². The highest BCUT2D eigenvalue weighted by atomic mass is 16.6. The molecule has 6 aliphatic rings. The Balaban J connectivity index is 0.000000165. The van der Waals surface area contributed by atoms with Gasteiger partial charge >= 0.3 is 30.3 Å². The minimum atomic E-state index is -0.517. The first-order chi connectivity index (χ1) is 37.8. The summed E-state index contributed by atoms with van der Waals surface area (Å²) in [6.07, 6.45) is 3.66. The highest BCUT2D eigenvalue weighted by Crippen LogP contribution is 2.47. The number of carbonyl (C=O) groups is 5. The first-order valence-corrected chi connectivity index (χ1v) is 27.2. The number of alkyl carbamates (subject to hydrolysis) is 2. The van der Waals surface area contributed by atoms with Gasteiger partial charge in [-0.2, -0.15) is 0 Å². The summed E-state index contributed by atoms with van der Waals surface area (Å²) in [7, 11) is 0. The van der Waals surface area contributed by atoms with Crippen molar-refractivity contribution in [3.63, 3.8) is 0 Å². The zero-order valence-electron chi connectivity index (χ0n) is 44.7. The maximum atomic E-state index is 13.2. The molecule has 4 heterocycles. The minimum Gasteiger partial charge on any atom is -0.465 e. The molecule has 80 heavy (non-hydrogen) atoms. The molecule has 0 spiro atoms. The van der Waals surface area contributed by atoms with Gasteiger partial charge in [0.25, 0.3) is 0 Å². The maximum absolute atomic E-state index is 13.2. The lowest BCUT2D eigenvalue weighted by molar-refractivity contribution is -0.141. The van der Waals surface area contributed by atoms with Crippen LogP contribution < -0.4 is 10.6 Å². The van der Waals surface area contributed by atoms with E-state index in [1.165, 1.54) is 51.4 Å². The normalized spacial score (nSPS) is 20.3. The Morgan fingerprint density at radius 1 is 0.463 bits per heavy atom. The predicted molar refractivity (Wildman–Crippen MR) is 309 cm³/mol. The van der Waals surface area contributed by atoms with Crippen LogP contribution in [0.5, 0.6) is 0 Å². The molecule has 4 saturated heterocycles. The number of carbonyl (C=O) groups excluding carboxylic acids is 5. The molecule has 2 N–H and O–H groups in total. The van der Waals surface area contributed by atoms with Crippen LogP contribution in [-0.4, -0.2) is 95.2 Å². The van der Waals surface area contributed by atoms with Crippen LogP contribution >= 0.6 is 0 Å². The third-order valence-corrected chi connectivity index (χ3v) is 15.7. The fourth-order valence-electron chi connectivity index (χ4n) is 12.3. The second-order valence-corrected chi connectivity index (χ2v) is 21.8. The van der Waals surface area contributed by atoms with Gasteiger partial charge in [0.2, 0.25) is 0 Å². The van der Waals surface area contributed by atoms with E-state index in [2.05, 4.69) is 59.2 Å². The number of fused-ring (bicyclic) bond motifs is 10. The summed E-state index contributed by atoms with van der Waals surface area (Å²) < 4.78 is 27.3. The molecule has 6 atom stereocenters. The summed E-state index contributed by atoms with van der Waals surface area (Å²) in [6, 6.07) is 52.4. The molecule has 14 nitrogen and oxygen atoms in total. The fourth-order valence-corrected chi connectivity index (χ4v) is 12.3. The van der Waals surface area contributed by atoms with Crippen molar-refractivity contribution in [2.75, 3.05) is 13.2 Å². The van der Waals surface area contributed by atoms with Crippen molar-refractivity contribution < 1.29 is 47.7 Å². The summed E-state index contributed by atoms with van der Waals surface area (Å²) >= 11 is 0. The average Bonchev–Trinajstić information content (AvgIpc) is 4.36. The number of amides is 4. The van der Waals surface area contributed by atoms with E-state index >= 15 is 0 Å². The Labute approximate surface area is 471 Å². The van der Waals surface area contributed by atoms with Crippen LogP contribution in [0.15, 0.2) is 158 Å². The lowest BCUT2D eigenvalue weighted by Gasteiger charge is -2.28. The first-order valence-electron chi connectivity index (χ1n) is 27.2. The van der Waals surface area contributed by atoms with Crippen molar-refractivity contribution in [3.05, 3.63) is 191 Å². The van der Waals surface area contributed by atoms with Crippen LogP contribution in [0.3, 0.4) is 0 Å². The van der Waals surface area contributed by atoms with Crippen molar-refractivity contribution >= 4 is 30.3 Å². The Kier molecular flexibility index (Phi) is 18.7. The summed E-state index contributed by atoms with van der Waals surface area (Å²) in [5.41, 5.74) is 11.2. The molecule has 4 aliphatic heterocycles. The molecular weight excluding hydrogens is 1010 g/mol. The molecule has 4 unspecified atom stereocenters. The summed E-state index contributed by atoms with van der Waals surface area (Å²) in [4.78, 5) is 64.7. The topological polar surface area (TPSA) is 162 Å². The van der Waals surface area contributed by atoms with E-state index in [9.17, 15) is 24.0 Å². The van der Waals surface area contributed by atoms with Gasteiger partial charge in [0, 0.05) is 30.8 Å². The average molecular weight is 1090 g/mol. The number of nitrogens with zero attached hydrogens (tertiary/aromatic N) is 2.